The van der Waals surface area contributed by atoms with Crippen molar-refractivity contribution < 1.29 is 4.79 Å². The number of nitrogens with one attached hydrogen (secondary N) is 1. The highest BCUT2D eigenvalue weighted by atomic mass is 16.2. The van der Waals surface area contributed by atoms with E-state index in [1.165, 1.54) is 11.3 Å². The molecule has 3 heterocycles. The summed E-state index contributed by atoms with van der Waals surface area (Å²) in [6.07, 6.45) is 9.82. The van der Waals surface area contributed by atoms with Crippen LogP contribution in [0.15, 0.2) is 24.9 Å². The minimum absolute atomic E-state index is 0.259. The third kappa shape index (κ3) is 3.15. The molecule has 1 atom stereocenters. The molecule has 1 N–H and O–H groups in total. The Hall–Kier alpha value is -2.11. The van der Waals surface area contributed by atoms with Crippen LogP contribution in [0.3, 0.4) is 0 Å². The van der Waals surface area contributed by atoms with Crippen LogP contribution in [0.5, 0.6) is 0 Å². The molecule has 2 aromatic rings. The first-order valence-electron chi connectivity index (χ1n) is 7.47. The number of H-pyrrole nitrogens is 1. The summed E-state index contributed by atoms with van der Waals surface area (Å²) in [6.45, 7) is 4.58. The predicted octanol–water partition coefficient (Wildman–Crippen LogP) is 1.71. The van der Waals surface area contributed by atoms with Gasteiger partial charge in [-0.05, 0) is 25.3 Å². The summed E-state index contributed by atoms with van der Waals surface area (Å²) >= 11 is 0. The largest absolute Gasteiger partial charge is 0.342 e. The van der Waals surface area contributed by atoms with Crippen LogP contribution in [0, 0.1) is 6.92 Å². The third-order valence-electron chi connectivity index (χ3n) is 4.18. The average molecular weight is 287 g/mol. The van der Waals surface area contributed by atoms with Gasteiger partial charge in [-0.3, -0.25) is 9.89 Å². The Morgan fingerprint density at radius 3 is 3.14 bits per heavy atom. The molecule has 112 valence electrons. The van der Waals surface area contributed by atoms with Gasteiger partial charge in [0.15, 0.2) is 0 Å². The van der Waals surface area contributed by atoms with Crippen LogP contribution >= 0.6 is 0 Å². The maximum absolute atomic E-state index is 12.2. The van der Waals surface area contributed by atoms with Crippen molar-refractivity contribution in [3.05, 3.63) is 36.2 Å². The van der Waals surface area contributed by atoms with Crippen molar-refractivity contribution in [2.75, 3.05) is 13.1 Å². The lowest BCUT2D eigenvalue weighted by atomic mass is 10.0. The summed E-state index contributed by atoms with van der Waals surface area (Å²) in [7, 11) is 0. The van der Waals surface area contributed by atoms with Gasteiger partial charge in [-0.2, -0.15) is 5.10 Å². The second-order valence-corrected chi connectivity index (χ2v) is 5.70. The summed E-state index contributed by atoms with van der Waals surface area (Å²) in [5, 5.41) is 7.15. The SMILES string of the molecule is Cc1cn[nH]c1[C@@H]1CCN(C(=O)CCCn2ccnc2)C1. The molecule has 2 aromatic heterocycles. The zero-order chi connectivity index (χ0) is 14.7. The van der Waals surface area contributed by atoms with Crippen molar-refractivity contribution in [1.29, 1.82) is 0 Å². The lowest BCUT2D eigenvalue weighted by Crippen LogP contribution is -2.28. The van der Waals surface area contributed by atoms with Gasteiger partial charge in [0.05, 0.1) is 12.5 Å². The summed E-state index contributed by atoms with van der Waals surface area (Å²) in [5.74, 6) is 0.667. The minimum atomic E-state index is 0.259. The van der Waals surface area contributed by atoms with Gasteiger partial charge in [0.2, 0.25) is 5.91 Å². The Morgan fingerprint density at radius 1 is 1.52 bits per heavy atom. The number of carbonyl (C=O) groups excluding carboxylic acids is 1. The van der Waals surface area contributed by atoms with E-state index in [9.17, 15) is 4.79 Å². The molecule has 0 unspecified atom stereocenters. The highest BCUT2D eigenvalue weighted by molar-refractivity contribution is 5.76. The van der Waals surface area contributed by atoms with E-state index in [0.717, 1.165) is 32.5 Å². The monoisotopic (exact) mass is 287 g/mol. The van der Waals surface area contributed by atoms with Gasteiger partial charge in [0.1, 0.15) is 0 Å². The molecule has 21 heavy (non-hydrogen) atoms. The highest BCUT2D eigenvalue weighted by Gasteiger charge is 2.28. The molecule has 1 fully saturated rings. The fourth-order valence-corrected chi connectivity index (χ4v) is 2.98. The molecule has 0 spiro atoms. The Labute approximate surface area is 124 Å². The number of imidazole rings is 1. The van der Waals surface area contributed by atoms with E-state index in [2.05, 4.69) is 22.1 Å². The summed E-state index contributed by atoms with van der Waals surface area (Å²) in [6, 6.07) is 0. The first-order valence-corrected chi connectivity index (χ1v) is 7.47. The number of aryl methyl sites for hydroxylation is 2. The number of likely N-dealkylation sites (tertiary alicyclic amines) is 1. The van der Waals surface area contributed by atoms with E-state index in [4.69, 9.17) is 0 Å². The Bertz CT molecular complexity index is 589. The smallest absolute Gasteiger partial charge is 0.222 e. The standard InChI is InChI=1S/C15H21N5O/c1-12-9-17-18-15(12)13-4-7-20(10-13)14(21)3-2-6-19-8-5-16-11-19/h5,8-9,11,13H,2-4,6-7,10H2,1H3,(H,17,18)/t13-/m1/s1. The van der Waals surface area contributed by atoms with Crippen LogP contribution in [0.2, 0.25) is 0 Å². The van der Waals surface area contributed by atoms with E-state index in [1.807, 2.05) is 21.9 Å². The predicted molar refractivity (Wildman–Crippen MR) is 78.7 cm³/mol. The van der Waals surface area contributed by atoms with Crippen molar-refractivity contribution in [1.82, 2.24) is 24.6 Å². The van der Waals surface area contributed by atoms with Crippen LogP contribution in [0.1, 0.15) is 36.4 Å². The molecule has 0 aliphatic carbocycles. The highest BCUT2D eigenvalue weighted by Crippen LogP contribution is 2.28. The maximum Gasteiger partial charge on any atom is 0.222 e. The van der Waals surface area contributed by atoms with Crippen molar-refractivity contribution >= 4 is 5.91 Å². The fraction of sp³-hybridized carbons (Fsp3) is 0.533. The van der Waals surface area contributed by atoms with Crippen molar-refractivity contribution in [3.8, 4) is 0 Å². The summed E-state index contributed by atoms with van der Waals surface area (Å²) in [4.78, 5) is 18.2. The molecule has 1 saturated heterocycles. The number of aromatic nitrogens is 4. The van der Waals surface area contributed by atoms with Gasteiger partial charge in [-0.15, -0.1) is 0 Å². The van der Waals surface area contributed by atoms with E-state index in [-0.39, 0.29) is 5.91 Å². The van der Waals surface area contributed by atoms with Crippen molar-refractivity contribution in [2.24, 2.45) is 0 Å². The van der Waals surface area contributed by atoms with E-state index < -0.39 is 0 Å². The molecular weight excluding hydrogens is 266 g/mol. The molecular formula is C15H21N5O. The number of hydrogen-bond donors (Lipinski definition) is 1. The molecule has 0 bridgehead atoms. The number of aromatic amines is 1. The number of rotatable bonds is 5. The second kappa shape index (κ2) is 6.11. The molecule has 1 aliphatic rings. The van der Waals surface area contributed by atoms with Crippen LogP contribution in [0.4, 0.5) is 0 Å². The van der Waals surface area contributed by atoms with Gasteiger partial charge >= 0.3 is 0 Å². The van der Waals surface area contributed by atoms with E-state index in [0.29, 0.717) is 12.3 Å². The topological polar surface area (TPSA) is 66.8 Å². The zero-order valence-electron chi connectivity index (χ0n) is 12.3. The first-order chi connectivity index (χ1) is 10.2. The molecule has 0 radical (unpaired) electrons. The van der Waals surface area contributed by atoms with E-state index in [1.54, 1.807) is 12.5 Å². The Morgan fingerprint density at radius 2 is 2.43 bits per heavy atom. The molecule has 0 saturated carbocycles. The normalized spacial score (nSPS) is 18.3. The maximum atomic E-state index is 12.2. The quantitative estimate of drug-likeness (QED) is 0.910. The van der Waals surface area contributed by atoms with Crippen LogP contribution < -0.4 is 0 Å². The Balaban J connectivity index is 1.47. The van der Waals surface area contributed by atoms with Crippen LogP contribution in [0.25, 0.3) is 0 Å². The molecule has 3 rings (SSSR count). The van der Waals surface area contributed by atoms with Crippen LogP contribution in [-0.4, -0.2) is 43.6 Å². The number of amides is 1. The summed E-state index contributed by atoms with van der Waals surface area (Å²) in [5.41, 5.74) is 2.37. The van der Waals surface area contributed by atoms with Gasteiger partial charge in [0, 0.05) is 50.1 Å². The number of hydrogen-bond acceptors (Lipinski definition) is 3. The third-order valence-corrected chi connectivity index (χ3v) is 4.18. The summed E-state index contributed by atoms with van der Waals surface area (Å²) < 4.78 is 2.01. The van der Waals surface area contributed by atoms with Gasteiger partial charge in [-0.25, -0.2) is 4.98 Å². The second-order valence-electron chi connectivity index (χ2n) is 5.70. The molecule has 6 nitrogen and oxygen atoms in total. The fourth-order valence-electron chi connectivity index (χ4n) is 2.98. The average Bonchev–Trinajstić information content (AvgIpc) is 3.18. The minimum Gasteiger partial charge on any atom is -0.342 e. The van der Waals surface area contributed by atoms with Crippen molar-refractivity contribution in [3.63, 3.8) is 0 Å². The van der Waals surface area contributed by atoms with Gasteiger partial charge in [0.25, 0.3) is 0 Å². The number of nitrogens with zero attached hydrogens (tertiary/aromatic N) is 4. The van der Waals surface area contributed by atoms with Crippen molar-refractivity contribution in [2.45, 2.75) is 38.6 Å². The van der Waals surface area contributed by atoms with Crippen LogP contribution in [-0.2, 0) is 11.3 Å². The number of carbonyl (C=O) groups is 1. The molecule has 1 amide bonds. The van der Waals surface area contributed by atoms with Gasteiger partial charge in [-0.1, -0.05) is 0 Å². The lowest BCUT2D eigenvalue weighted by Gasteiger charge is -2.16. The first kappa shape index (κ1) is 13.9. The van der Waals surface area contributed by atoms with E-state index >= 15 is 0 Å². The molecule has 1 aliphatic heterocycles. The van der Waals surface area contributed by atoms with Gasteiger partial charge < -0.3 is 9.47 Å². The molecule has 0 aromatic carbocycles. The zero-order valence-corrected chi connectivity index (χ0v) is 12.3. The Kier molecular flexibility index (Phi) is 4.03. The lowest BCUT2D eigenvalue weighted by molar-refractivity contribution is -0.130. The molecule has 6 heteroatoms.